The van der Waals surface area contributed by atoms with Crippen molar-refractivity contribution in [1.82, 2.24) is 20.0 Å². The summed E-state index contributed by atoms with van der Waals surface area (Å²) in [6, 6.07) is 18.9. The maximum Gasteiger partial charge on any atom is 0.317 e. The maximum atomic E-state index is 6.11. The number of fused-ring (bicyclic) bond motifs is 1. The van der Waals surface area contributed by atoms with E-state index in [-0.39, 0.29) is 12.2 Å². The van der Waals surface area contributed by atoms with Gasteiger partial charge >= 0.3 is 6.01 Å². The first-order valence-corrected chi connectivity index (χ1v) is 12.6. The Kier molecular flexibility index (Phi) is 6.32. The zero-order chi connectivity index (χ0) is 25.2. The van der Waals surface area contributed by atoms with Gasteiger partial charge in [0.2, 0.25) is 0 Å². The van der Waals surface area contributed by atoms with E-state index in [1.165, 1.54) is 0 Å². The van der Waals surface area contributed by atoms with E-state index < -0.39 is 0 Å². The normalized spacial score (nSPS) is 17.6. The Balaban J connectivity index is 1.29. The molecule has 2 aromatic heterocycles. The Bertz CT molecular complexity index is 1390. The largest absolute Gasteiger partial charge is 0.403 e. The van der Waals surface area contributed by atoms with Gasteiger partial charge in [-0.1, -0.05) is 53.6 Å². The van der Waals surface area contributed by atoms with Crippen molar-refractivity contribution in [3.05, 3.63) is 71.9 Å². The van der Waals surface area contributed by atoms with Gasteiger partial charge in [0, 0.05) is 42.1 Å². The number of hydrogen-bond acceptors (Lipinski definition) is 9. The first-order chi connectivity index (χ1) is 18.2. The van der Waals surface area contributed by atoms with E-state index in [1.54, 1.807) is 0 Å². The summed E-state index contributed by atoms with van der Waals surface area (Å²) in [4.78, 5) is 7.27. The summed E-state index contributed by atoms with van der Waals surface area (Å²) < 4.78 is 13.6. The van der Waals surface area contributed by atoms with Crippen LogP contribution in [0.15, 0.2) is 70.2 Å². The molecule has 4 heterocycles. The summed E-state index contributed by atoms with van der Waals surface area (Å²) in [5.41, 5.74) is 4.87. The SMILES string of the molecule is CC(C)n1cc(-c2nnc(N[C@@H]3CNc4ccccc4C(c4ccccc4)=N3)o2)c(N2CCOCC2)n1. The van der Waals surface area contributed by atoms with Gasteiger partial charge in [0.15, 0.2) is 5.82 Å². The summed E-state index contributed by atoms with van der Waals surface area (Å²) in [6.45, 7) is 7.64. The van der Waals surface area contributed by atoms with Gasteiger partial charge in [0.25, 0.3) is 5.89 Å². The molecule has 0 saturated carbocycles. The predicted octanol–water partition coefficient (Wildman–Crippen LogP) is 4.05. The highest BCUT2D eigenvalue weighted by molar-refractivity contribution is 6.16. The van der Waals surface area contributed by atoms with Gasteiger partial charge in [-0.2, -0.15) is 5.10 Å². The molecule has 2 N–H and O–H groups in total. The molecule has 2 aliphatic rings. The van der Waals surface area contributed by atoms with Crippen LogP contribution in [0.2, 0.25) is 0 Å². The first-order valence-electron chi connectivity index (χ1n) is 12.6. The summed E-state index contributed by atoms with van der Waals surface area (Å²) in [6.07, 6.45) is 1.66. The molecule has 2 aromatic carbocycles. The van der Waals surface area contributed by atoms with Crippen LogP contribution in [-0.2, 0) is 4.74 Å². The number of para-hydroxylation sites is 1. The van der Waals surface area contributed by atoms with Crippen molar-refractivity contribution in [2.75, 3.05) is 48.4 Å². The Morgan fingerprint density at radius 3 is 2.57 bits per heavy atom. The van der Waals surface area contributed by atoms with Crippen molar-refractivity contribution in [3.63, 3.8) is 0 Å². The van der Waals surface area contributed by atoms with Crippen molar-refractivity contribution >= 4 is 23.2 Å². The molecule has 2 aliphatic heterocycles. The fourth-order valence-corrected chi connectivity index (χ4v) is 4.57. The summed E-state index contributed by atoms with van der Waals surface area (Å²) in [5, 5.41) is 20.3. The van der Waals surface area contributed by atoms with E-state index in [1.807, 2.05) is 41.2 Å². The highest BCUT2D eigenvalue weighted by Gasteiger charge is 2.25. The molecule has 0 spiro atoms. The molecule has 0 amide bonds. The molecule has 37 heavy (non-hydrogen) atoms. The van der Waals surface area contributed by atoms with Gasteiger partial charge in [0.1, 0.15) is 11.7 Å². The molecule has 0 bridgehead atoms. The quantitative estimate of drug-likeness (QED) is 0.410. The third-order valence-corrected chi connectivity index (χ3v) is 6.50. The molecule has 0 aliphatic carbocycles. The van der Waals surface area contributed by atoms with Crippen molar-refractivity contribution in [2.45, 2.75) is 26.1 Å². The fraction of sp³-hybridized carbons (Fsp3) is 0.333. The molecule has 1 saturated heterocycles. The molecule has 0 unspecified atom stereocenters. The van der Waals surface area contributed by atoms with Gasteiger partial charge in [-0.15, -0.1) is 5.10 Å². The van der Waals surface area contributed by atoms with Crippen LogP contribution in [0.4, 0.5) is 17.5 Å². The summed E-state index contributed by atoms with van der Waals surface area (Å²) in [5.74, 6) is 1.26. The number of ether oxygens (including phenoxy) is 1. The summed E-state index contributed by atoms with van der Waals surface area (Å²) >= 11 is 0. The zero-order valence-electron chi connectivity index (χ0n) is 21.0. The lowest BCUT2D eigenvalue weighted by atomic mass is 10.0. The zero-order valence-corrected chi connectivity index (χ0v) is 21.0. The number of anilines is 3. The highest BCUT2D eigenvalue weighted by atomic mass is 16.5. The monoisotopic (exact) mass is 498 g/mol. The van der Waals surface area contributed by atoms with Crippen LogP contribution in [0, 0.1) is 0 Å². The lowest BCUT2D eigenvalue weighted by molar-refractivity contribution is 0.122. The standard InChI is InChI=1S/C27H30N8O2/c1-18(2)35-17-21(25(33-35)34-12-14-36-15-13-34)26-31-32-27(37-26)30-23-16-28-22-11-7-6-10-20(22)24(29-23)19-8-4-3-5-9-19/h3-11,17-18,23,28H,12-16H2,1-2H3,(H,30,32)/t23-/m1/s1. The molecule has 1 fully saturated rings. The second-order valence-corrected chi connectivity index (χ2v) is 9.38. The number of hydrogen-bond donors (Lipinski definition) is 2. The van der Waals surface area contributed by atoms with Gasteiger partial charge in [-0.25, -0.2) is 0 Å². The number of rotatable bonds is 6. The third kappa shape index (κ3) is 4.79. The minimum absolute atomic E-state index is 0.207. The van der Waals surface area contributed by atoms with Gasteiger partial charge < -0.3 is 24.7 Å². The number of nitrogens with zero attached hydrogens (tertiary/aromatic N) is 6. The van der Waals surface area contributed by atoms with Crippen molar-refractivity contribution in [2.24, 2.45) is 4.99 Å². The second kappa shape index (κ2) is 10.1. The second-order valence-electron chi connectivity index (χ2n) is 9.38. The van der Waals surface area contributed by atoms with E-state index in [0.717, 1.165) is 47.0 Å². The Morgan fingerprint density at radius 1 is 0.973 bits per heavy atom. The van der Waals surface area contributed by atoms with Gasteiger partial charge in [-0.3, -0.25) is 9.67 Å². The Morgan fingerprint density at radius 2 is 1.76 bits per heavy atom. The molecule has 190 valence electrons. The van der Waals surface area contributed by atoms with Crippen LogP contribution >= 0.6 is 0 Å². The van der Waals surface area contributed by atoms with Crippen LogP contribution in [0.25, 0.3) is 11.5 Å². The van der Waals surface area contributed by atoms with Crippen LogP contribution in [0.1, 0.15) is 31.0 Å². The fourth-order valence-electron chi connectivity index (χ4n) is 4.57. The number of nitrogens with one attached hydrogen (secondary N) is 2. The smallest absolute Gasteiger partial charge is 0.317 e. The number of morpholine rings is 1. The van der Waals surface area contributed by atoms with E-state index >= 15 is 0 Å². The van der Waals surface area contributed by atoms with E-state index in [4.69, 9.17) is 19.2 Å². The van der Waals surface area contributed by atoms with Crippen molar-refractivity contribution in [1.29, 1.82) is 0 Å². The van der Waals surface area contributed by atoms with Crippen LogP contribution in [0.3, 0.4) is 0 Å². The average Bonchev–Trinajstić information content (AvgIpc) is 3.55. The van der Waals surface area contributed by atoms with Crippen LogP contribution < -0.4 is 15.5 Å². The number of aliphatic imine (C=N–C) groups is 1. The van der Waals surface area contributed by atoms with Gasteiger partial charge in [0.05, 0.1) is 25.5 Å². The molecule has 10 heteroatoms. The maximum absolute atomic E-state index is 6.11. The minimum Gasteiger partial charge on any atom is -0.403 e. The molecule has 10 nitrogen and oxygen atoms in total. The van der Waals surface area contributed by atoms with Crippen LogP contribution in [-0.4, -0.2) is 64.7 Å². The number of aromatic nitrogens is 4. The Labute approximate surface area is 215 Å². The minimum atomic E-state index is -0.312. The molecule has 6 rings (SSSR count). The topological polar surface area (TPSA) is 106 Å². The molecule has 0 radical (unpaired) electrons. The van der Waals surface area contributed by atoms with Gasteiger partial charge in [-0.05, 0) is 19.9 Å². The number of benzodiazepines with no additional fused rings is 1. The molecular weight excluding hydrogens is 468 g/mol. The number of benzene rings is 2. The van der Waals surface area contributed by atoms with Crippen molar-refractivity contribution < 1.29 is 9.15 Å². The molecule has 1 atom stereocenters. The highest BCUT2D eigenvalue weighted by Crippen LogP contribution is 2.32. The van der Waals surface area contributed by atoms with E-state index in [2.05, 4.69) is 63.8 Å². The first kappa shape index (κ1) is 23.2. The average molecular weight is 499 g/mol. The van der Waals surface area contributed by atoms with E-state index in [0.29, 0.717) is 31.7 Å². The molecular formula is C27H30N8O2. The lowest BCUT2D eigenvalue weighted by Gasteiger charge is -2.27. The third-order valence-electron chi connectivity index (χ3n) is 6.50. The lowest BCUT2D eigenvalue weighted by Crippen LogP contribution is -2.36. The van der Waals surface area contributed by atoms with Crippen LogP contribution in [0.5, 0.6) is 0 Å². The Hall–Kier alpha value is -4.18. The van der Waals surface area contributed by atoms with E-state index in [9.17, 15) is 0 Å². The predicted molar refractivity (Wildman–Crippen MR) is 143 cm³/mol. The summed E-state index contributed by atoms with van der Waals surface area (Å²) in [7, 11) is 0. The van der Waals surface area contributed by atoms with Crippen molar-refractivity contribution in [3.8, 4) is 11.5 Å². The molecule has 4 aromatic rings.